The molecule has 1 heterocycles. The van der Waals surface area contributed by atoms with E-state index in [1.807, 2.05) is 13.8 Å². The Bertz CT molecular complexity index is 457. The Morgan fingerprint density at radius 2 is 1.77 bits per heavy atom. The highest BCUT2D eigenvalue weighted by molar-refractivity contribution is 6.15. The fourth-order valence-corrected chi connectivity index (χ4v) is 2.19. The molecule has 0 aliphatic carbocycles. The topological polar surface area (TPSA) is 65.1 Å². The van der Waals surface area contributed by atoms with E-state index < -0.39 is 11.4 Å². The Morgan fingerprint density at radius 1 is 1.14 bits per heavy atom. The van der Waals surface area contributed by atoms with Gasteiger partial charge >= 0.3 is 0 Å². The molecule has 6 heteroatoms. The highest BCUT2D eigenvalue weighted by Gasteiger charge is 2.34. The molecule has 1 rings (SSSR count). The van der Waals surface area contributed by atoms with E-state index in [4.69, 9.17) is 14.5 Å². The van der Waals surface area contributed by atoms with E-state index in [9.17, 15) is 9.59 Å². The second kappa shape index (κ2) is 7.35. The Morgan fingerprint density at radius 3 is 2.23 bits per heavy atom. The van der Waals surface area contributed by atoms with Gasteiger partial charge in [-0.3, -0.25) is 14.5 Å². The summed E-state index contributed by atoms with van der Waals surface area (Å²) < 4.78 is 5.35. The third kappa shape index (κ3) is 4.90. The number of hydrogen-bond donors (Lipinski definition) is 0. The minimum atomic E-state index is -1.03. The van der Waals surface area contributed by atoms with Crippen molar-refractivity contribution in [3.63, 3.8) is 0 Å². The van der Waals surface area contributed by atoms with Crippen LogP contribution in [-0.2, 0) is 24.1 Å². The molecule has 0 saturated carbocycles. The summed E-state index contributed by atoms with van der Waals surface area (Å²) in [6.07, 6.45) is 3.49. The molecule has 0 aromatic rings. The quantitative estimate of drug-likeness (QED) is 0.283. The maximum absolute atomic E-state index is 11.8. The van der Waals surface area contributed by atoms with Gasteiger partial charge in [-0.05, 0) is 34.1 Å². The second-order valence-corrected chi connectivity index (χ2v) is 6.39. The van der Waals surface area contributed by atoms with Crippen LogP contribution in [0.2, 0.25) is 0 Å². The zero-order valence-corrected chi connectivity index (χ0v) is 14.4. The molecule has 1 unspecified atom stereocenters. The first-order chi connectivity index (χ1) is 10.1. The van der Waals surface area contributed by atoms with Gasteiger partial charge in [0.2, 0.25) is 0 Å². The third-order valence-corrected chi connectivity index (χ3v) is 3.71. The summed E-state index contributed by atoms with van der Waals surface area (Å²) in [4.78, 5) is 35.7. The molecular weight excluding hydrogens is 286 g/mol. The van der Waals surface area contributed by atoms with Crippen LogP contribution in [0, 0.1) is 0 Å². The molecule has 2 amide bonds. The van der Waals surface area contributed by atoms with Crippen LogP contribution in [0.5, 0.6) is 0 Å². The zero-order chi connectivity index (χ0) is 17.0. The van der Waals surface area contributed by atoms with E-state index >= 15 is 0 Å². The van der Waals surface area contributed by atoms with Crippen LogP contribution in [0.3, 0.4) is 0 Å². The molecule has 1 aliphatic heterocycles. The first-order valence-electron chi connectivity index (χ1n) is 7.60. The first kappa shape index (κ1) is 18.8. The smallest absolute Gasteiger partial charge is 0.256 e. The predicted molar refractivity (Wildman–Crippen MR) is 81.7 cm³/mol. The number of ether oxygens (including phenoxy) is 1. The van der Waals surface area contributed by atoms with Crippen molar-refractivity contribution in [1.82, 2.24) is 4.90 Å². The van der Waals surface area contributed by atoms with Crippen molar-refractivity contribution in [2.24, 2.45) is 0 Å². The lowest BCUT2D eigenvalue weighted by Gasteiger charge is -2.32. The molecule has 1 aliphatic rings. The van der Waals surface area contributed by atoms with Crippen LogP contribution >= 0.6 is 0 Å². The summed E-state index contributed by atoms with van der Waals surface area (Å²) in [6.45, 7) is 9.51. The average molecular weight is 313 g/mol. The van der Waals surface area contributed by atoms with Crippen LogP contribution in [0.1, 0.15) is 53.9 Å². The Labute approximate surface area is 132 Å². The molecule has 22 heavy (non-hydrogen) atoms. The van der Waals surface area contributed by atoms with Crippen molar-refractivity contribution in [1.29, 1.82) is 0 Å². The van der Waals surface area contributed by atoms with E-state index in [-0.39, 0.29) is 18.4 Å². The summed E-state index contributed by atoms with van der Waals surface area (Å²) in [5.74, 6) is -1.59. The lowest BCUT2D eigenvalue weighted by molar-refractivity contribution is -0.455. The van der Waals surface area contributed by atoms with Crippen molar-refractivity contribution in [2.45, 2.75) is 65.3 Å². The van der Waals surface area contributed by atoms with Gasteiger partial charge in [-0.15, -0.1) is 0 Å². The van der Waals surface area contributed by atoms with Crippen molar-refractivity contribution in [3.8, 4) is 0 Å². The molecular formula is C16H27NO5. The maximum Gasteiger partial charge on any atom is 0.256 e. The van der Waals surface area contributed by atoms with Crippen LogP contribution in [0.25, 0.3) is 0 Å². The largest absolute Gasteiger partial charge is 0.351 e. The normalized spacial score (nSPS) is 18.6. The number of imide groups is 1. The summed E-state index contributed by atoms with van der Waals surface area (Å²) >= 11 is 0. The van der Waals surface area contributed by atoms with Gasteiger partial charge in [-0.1, -0.05) is 13.3 Å². The lowest BCUT2D eigenvalue weighted by atomic mass is 10.0. The van der Waals surface area contributed by atoms with E-state index in [0.29, 0.717) is 12.0 Å². The minimum absolute atomic E-state index is 0.216. The minimum Gasteiger partial charge on any atom is -0.351 e. The monoisotopic (exact) mass is 313 g/mol. The fourth-order valence-electron chi connectivity index (χ4n) is 2.19. The van der Waals surface area contributed by atoms with E-state index in [1.54, 1.807) is 13.8 Å². The van der Waals surface area contributed by atoms with Gasteiger partial charge in [0.25, 0.3) is 11.8 Å². The lowest BCUT2D eigenvalue weighted by Crippen LogP contribution is -2.41. The number of nitrogens with zero attached hydrogens (tertiary/aromatic N) is 1. The molecule has 0 fully saturated rings. The number of carbonyl (C=O) groups is 2. The first-order valence-corrected chi connectivity index (χ1v) is 7.60. The molecule has 1 atom stereocenters. The second-order valence-electron chi connectivity index (χ2n) is 6.39. The summed E-state index contributed by atoms with van der Waals surface area (Å²) in [5, 5.41) is 0. The Balaban J connectivity index is 2.57. The number of hydrogen-bond acceptors (Lipinski definition) is 5. The summed E-state index contributed by atoms with van der Waals surface area (Å²) in [6, 6.07) is 0. The molecule has 0 spiro atoms. The van der Waals surface area contributed by atoms with Crippen LogP contribution in [0.15, 0.2) is 11.6 Å². The average Bonchev–Trinajstić information content (AvgIpc) is 2.68. The Kier molecular flexibility index (Phi) is 6.28. The third-order valence-electron chi connectivity index (χ3n) is 3.71. The van der Waals surface area contributed by atoms with Crippen LogP contribution in [0.4, 0.5) is 0 Å². The molecule has 0 N–H and O–H groups in total. The molecule has 0 aromatic heterocycles. The highest BCUT2D eigenvalue weighted by Crippen LogP contribution is 2.25. The molecule has 0 bridgehead atoms. The summed E-state index contributed by atoms with van der Waals surface area (Å²) in [7, 11) is 1.51. The fraction of sp³-hybridized carbons (Fsp3) is 0.750. The number of amides is 2. The van der Waals surface area contributed by atoms with Crippen molar-refractivity contribution in [3.05, 3.63) is 11.6 Å². The Hall–Kier alpha value is -1.24. The van der Waals surface area contributed by atoms with Crippen LogP contribution in [-0.4, -0.2) is 41.8 Å². The summed E-state index contributed by atoms with van der Waals surface area (Å²) in [5.41, 5.74) is 0.0248. The van der Waals surface area contributed by atoms with Gasteiger partial charge in [0.15, 0.2) is 5.79 Å². The van der Waals surface area contributed by atoms with Gasteiger partial charge in [-0.2, -0.15) is 0 Å². The molecule has 0 radical (unpaired) electrons. The highest BCUT2D eigenvalue weighted by atomic mass is 17.2. The van der Waals surface area contributed by atoms with Gasteiger partial charge < -0.3 is 4.74 Å². The molecule has 126 valence electrons. The number of carbonyl (C=O) groups excluding carboxylic acids is 2. The SMILES string of the molecule is CCCC(C)(C)OOC(C)(CCN1C(=O)C=C(C)C1=O)OC. The molecule has 0 aromatic carbocycles. The van der Waals surface area contributed by atoms with Crippen molar-refractivity contribution in [2.75, 3.05) is 13.7 Å². The van der Waals surface area contributed by atoms with Crippen LogP contribution < -0.4 is 0 Å². The van der Waals surface area contributed by atoms with Crippen molar-refractivity contribution >= 4 is 11.8 Å². The van der Waals surface area contributed by atoms with Gasteiger partial charge in [-0.25, -0.2) is 9.78 Å². The number of methoxy groups -OCH3 is 1. The van der Waals surface area contributed by atoms with Crippen molar-refractivity contribution < 1.29 is 24.1 Å². The number of rotatable bonds is 9. The van der Waals surface area contributed by atoms with Gasteiger partial charge in [0, 0.05) is 31.7 Å². The van der Waals surface area contributed by atoms with E-state index in [1.165, 1.54) is 18.1 Å². The zero-order valence-electron chi connectivity index (χ0n) is 14.4. The predicted octanol–water partition coefficient (Wildman–Crippen LogP) is 2.58. The molecule has 0 saturated heterocycles. The van der Waals surface area contributed by atoms with Gasteiger partial charge in [0.05, 0.1) is 5.60 Å². The van der Waals surface area contributed by atoms with E-state index in [0.717, 1.165) is 12.8 Å². The van der Waals surface area contributed by atoms with E-state index in [2.05, 4.69) is 6.92 Å². The standard InChI is InChI=1S/C16H27NO5/c1-7-8-15(3,4)21-22-16(5,20-6)9-10-17-13(18)11-12(2)14(17)19/h11H,7-10H2,1-6H3. The maximum atomic E-state index is 11.8. The molecule has 6 nitrogen and oxygen atoms in total. The van der Waals surface area contributed by atoms with Gasteiger partial charge in [0.1, 0.15) is 0 Å².